The quantitative estimate of drug-likeness (QED) is 0.188. The van der Waals surface area contributed by atoms with Crippen LogP contribution in [0.15, 0.2) is 36.4 Å². The highest BCUT2D eigenvalue weighted by atomic mass is 127. The predicted octanol–water partition coefficient (Wildman–Crippen LogP) is 6.68. The Morgan fingerprint density at radius 1 is 1.24 bits per heavy atom. The first kappa shape index (κ1) is 24.9. The lowest BCUT2D eigenvalue weighted by Crippen LogP contribution is -2.27. The van der Waals surface area contributed by atoms with Gasteiger partial charge in [-0.1, -0.05) is 20.8 Å². The van der Waals surface area contributed by atoms with Crippen LogP contribution in [0.4, 0.5) is 10.1 Å². The van der Waals surface area contributed by atoms with Crippen molar-refractivity contribution >= 4 is 51.7 Å². The lowest BCUT2D eigenvalue weighted by Gasteiger charge is -2.25. The maximum Gasteiger partial charge on any atom is 0.142 e. The van der Waals surface area contributed by atoms with Gasteiger partial charge in [0.25, 0.3) is 0 Å². The minimum Gasteiger partial charge on any atom is -0.381 e. The summed E-state index contributed by atoms with van der Waals surface area (Å²) in [6.07, 6.45) is 4.81. The second kappa shape index (κ2) is 10.2. The molecule has 2 aromatic carbocycles. The molecule has 1 aliphatic heterocycles. The molecule has 4 rings (SSSR count). The van der Waals surface area contributed by atoms with Crippen LogP contribution < -0.4 is 5.32 Å². The molecule has 1 aromatic heterocycles. The number of rotatable bonds is 7. The predicted molar refractivity (Wildman–Crippen MR) is 144 cm³/mol. The molecular formula is C27H31FIN3O2. The molecule has 1 atom stereocenters. The van der Waals surface area contributed by atoms with Crippen molar-refractivity contribution in [3.05, 3.63) is 57.0 Å². The molecule has 1 aliphatic rings. The highest BCUT2D eigenvalue weighted by molar-refractivity contribution is 14.1. The third-order valence-corrected chi connectivity index (χ3v) is 7.43. The van der Waals surface area contributed by atoms with Crippen LogP contribution in [-0.4, -0.2) is 36.3 Å². The number of carbonyl (C=O) groups excluding carboxylic acids is 1. The first-order valence-electron chi connectivity index (χ1n) is 11.7. The first-order valence-corrected chi connectivity index (χ1v) is 12.7. The minimum absolute atomic E-state index is 0.00984. The van der Waals surface area contributed by atoms with Gasteiger partial charge in [-0.05, 0) is 83.7 Å². The van der Waals surface area contributed by atoms with Crippen LogP contribution in [0.25, 0.3) is 16.6 Å². The Morgan fingerprint density at radius 2 is 1.91 bits per heavy atom. The van der Waals surface area contributed by atoms with Gasteiger partial charge in [0.1, 0.15) is 12.1 Å². The average molecular weight is 575 g/mol. The molecular weight excluding hydrogens is 544 g/mol. The van der Waals surface area contributed by atoms with Crippen molar-refractivity contribution in [3.8, 4) is 5.69 Å². The van der Waals surface area contributed by atoms with Crippen molar-refractivity contribution in [2.45, 2.75) is 52.0 Å². The van der Waals surface area contributed by atoms with Crippen LogP contribution in [0.5, 0.6) is 0 Å². The third kappa shape index (κ3) is 5.20. The van der Waals surface area contributed by atoms with Gasteiger partial charge in [-0.15, -0.1) is 0 Å². The second-order valence-electron chi connectivity index (χ2n) is 10.2. The van der Waals surface area contributed by atoms with E-state index < -0.39 is 0 Å². The number of carbonyl (C=O) groups is 1. The van der Waals surface area contributed by atoms with E-state index in [-0.39, 0.29) is 17.3 Å². The van der Waals surface area contributed by atoms with Gasteiger partial charge < -0.3 is 24.8 Å². The van der Waals surface area contributed by atoms with Crippen LogP contribution in [0.3, 0.4) is 0 Å². The number of hydrogen-bond acceptors (Lipinski definition) is 4. The van der Waals surface area contributed by atoms with Gasteiger partial charge in [0.05, 0.1) is 11.6 Å². The second-order valence-corrected chi connectivity index (χ2v) is 11.2. The standard InChI is InChI=1S/C27H31FIN3O2/c1-27(2,3)14-20(16-33)31-23-13-22-24(12-18(23)15-30)32(21-6-4-19(28)5-7-21)26(25(22)29)17-8-10-34-11-9-17/h4-7,12-13,15-17,20,30-31H,8-11,14H2,1-3H3. The van der Waals surface area contributed by atoms with Gasteiger partial charge in [0, 0.05) is 56.9 Å². The number of halogens is 2. The SMILES string of the molecule is CC(C)(C)CC(C=O)Nc1cc2c(I)c(C3CCOCC3)n(-c3ccc(F)cc3)c2cc1C=N. The van der Waals surface area contributed by atoms with E-state index in [1.807, 2.05) is 6.07 Å². The van der Waals surface area contributed by atoms with Gasteiger partial charge in [0.2, 0.25) is 0 Å². The molecule has 0 spiro atoms. The highest BCUT2D eigenvalue weighted by Gasteiger charge is 2.27. The van der Waals surface area contributed by atoms with Crippen molar-refractivity contribution in [3.63, 3.8) is 0 Å². The summed E-state index contributed by atoms with van der Waals surface area (Å²) in [5, 5.41) is 12.5. The molecule has 5 nitrogen and oxygen atoms in total. The van der Waals surface area contributed by atoms with Crippen LogP contribution in [0.2, 0.25) is 0 Å². The van der Waals surface area contributed by atoms with Crippen molar-refractivity contribution in [2.24, 2.45) is 5.41 Å². The molecule has 34 heavy (non-hydrogen) atoms. The van der Waals surface area contributed by atoms with Crippen molar-refractivity contribution in [1.29, 1.82) is 5.41 Å². The van der Waals surface area contributed by atoms with Gasteiger partial charge in [-0.2, -0.15) is 0 Å². The van der Waals surface area contributed by atoms with Crippen LogP contribution >= 0.6 is 22.6 Å². The van der Waals surface area contributed by atoms with Crippen LogP contribution in [-0.2, 0) is 9.53 Å². The van der Waals surface area contributed by atoms with Gasteiger partial charge >= 0.3 is 0 Å². The Hall–Kier alpha value is -2.26. The van der Waals surface area contributed by atoms with E-state index >= 15 is 0 Å². The summed E-state index contributed by atoms with van der Waals surface area (Å²) in [5.41, 5.74) is 4.54. The third-order valence-electron chi connectivity index (χ3n) is 6.30. The Balaban J connectivity index is 1.89. The molecule has 180 valence electrons. The monoisotopic (exact) mass is 575 g/mol. The van der Waals surface area contributed by atoms with Crippen molar-refractivity contribution in [1.82, 2.24) is 4.57 Å². The topological polar surface area (TPSA) is 67.1 Å². The lowest BCUT2D eigenvalue weighted by molar-refractivity contribution is -0.109. The van der Waals surface area contributed by atoms with E-state index in [4.69, 9.17) is 10.1 Å². The number of nitrogens with zero attached hydrogens (tertiary/aromatic N) is 1. The average Bonchev–Trinajstić information content (AvgIpc) is 3.09. The molecule has 7 heteroatoms. The molecule has 0 amide bonds. The van der Waals surface area contributed by atoms with Crippen LogP contribution in [0.1, 0.15) is 57.2 Å². The maximum atomic E-state index is 13.7. The smallest absolute Gasteiger partial charge is 0.142 e. The van der Waals surface area contributed by atoms with Gasteiger partial charge in [-0.25, -0.2) is 4.39 Å². The number of hydrogen-bond donors (Lipinski definition) is 2. The summed E-state index contributed by atoms with van der Waals surface area (Å²) in [4.78, 5) is 11.8. The number of anilines is 1. The normalized spacial score (nSPS) is 15.9. The number of aromatic nitrogens is 1. The molecule has 3 aromatic rings. The fraction of sp³-hybridized carbons (Fsp3) is 0.407. The van der Waals surface area contributed by atoms with E-state index in [0.717, 1.165) is 58.2 Å². The van der Waals surface area contributed by atoms with Gasteiger partial charge in [0.15, 0.2) is 0 Å². The molecule has 1 fully saturated rings. The van der Waals surface area contributed by atoms with E-state index in [0.29, 0.717) is 17.9 Å². The van der Waals surface area contributed by atoms with E-state index in [2.05, 4.69) is 59.3 Å². The zero-order valence-corrected chi connectivity index (χ0v) is 22.0. The molecule has 0 bridgehead atoms. The number of nitrogens with one attached hydrogen (secondary N) is 2. The van der Waals surface area contributed by atoms with E-state index in [9.17, 15) is 9.18 Å². The minimum atomic E-state index is -0.344. The maximum absolute atomic E-state index is 13.7. The molecule has 1 saturated heterocycles. The Kier molecular flexibility index (Phi) is 7.42. The summed E-state index contributed by atoms with van der Waals surface area (Å²) < 4.78 is 22.7. The molecule has 0 saturated carbocycles. The Morgan fingerprint density at radius 3 is 2.50 bits per heavy atom. The van der Waals surface area contributed by atoms with Crippen molar-refractivity contribution < 1.29 is 13.9 Å². The zero-order chi connectivity index (χ0) is 24.5. The summed E-state index contributed by atoms with van der Waals surface area (Å²) in [7, 11) is 0. The molecule has 0 aliphatic carbocycles. The zero-order valence-electron chi connectivity index (χ0n) is 19.8. The van der Waals surface area contributed by atoms with Crippen LogP contribution in [0, 0.1) is 20.2 Å². The molecule has 2 N–H and O–H groups in total. The number of aldehydes is 1. The first-order chi connectivity index (χ1) is 16.2. The number of fused-ring (bicyclic) bond motifs is 1. The van der Waals surface area contributed by atoms with Gasteiger partial charge in [-0.3, -0.25) is 0 Å². The lowest BCUT2D eigenvalue weighted by atomic mass is 9.88. The number of ether oxygens (including phenoxy) is 1. The molecule has 1 unspecified atom stereocenters. The largest absolute Gasteiger partial charge is 0.381 e. The fourth-order valence-electron chi connectivity index (χ4n) is 4.77. The summed E-state index contributed by atoms with van der Waals surface area (Å²) in [6.45, 7) is 7.77. The summed E-state index contributed by atoms with van der Waals surface area (Å²) >= 11 is 2.41. The molecule has 0 radical (unpaired) electrons. The Bertz CT molecular complexity index is 1190. The van der Waals surface area contributed by atoms with E-state index in [1.165, 1.54) is 24.0 Å². The van der Waals surface area contributed by atoms with E-state index in [1.54, 1.807) is 12.1 Å². The fourth-order valence-corrected chi connectivity index (χ4v) is 5.88. The molecule has 2 heterocycles. The Labute approximate surface area is 213 Å². The van der Waals surface area contributed by atoms with Crippen molar-refractivity contribution in [2.75, 3.05) is 18.5 Å². The summed E-state index contributed by atoms with van der Waals surface area (Å²) in [5.74, 6) is 0.0505. The highest BCUT2D eigenvalue weighted by Crippen LogP contribution is 2.40. The number of benzene rings is 2. The summed E-state index contributed by atoms with van der Waals surface area (Å²) in [6, 6.07) is 10.3.